The monoisotopic (exact) mass is 283 g/mol. The van der Waals surface area contributed by atoms with Crippen LogP contribution in [-0.2, 0) is 28.8 Å². The summed E-state index contributed by atoms with van der Waals surface area (Å²) in [6, 6.07) is -1.32. The molecule has 1 unspecified atom stereocenters. The van der Waals surface area contributed by atoms with Gasteiger partial charge in [0.2, 0.25) is 11.8 Å². The van der Waals surface area contributed by atoms with Gasteiger partial charge in [-0.1, -0.05) is 0 Å². The van der Waals surface area contributed by atoms with Crippen molar-refractivity contribution in [2.45, 2.75) is 31.7 Å². The zero-order valence-electron chi connectivity index (χ0n) is 10.5. The van der Waals surface area contributed by atoms with E-state index in [1.165, 1.54) is 0 Å². The SMILES string of the molecule is NCC(C(=O)ON1C(=O)CCC1=O)N1C(=O)CCC1=O. The lowest BCUT2D eigenvalue weighted by Gasteiger charge is -2.24. The van der Waals surface area contributed by atoms with Gasteiger partial charge < -0.3 is 10.6 Å². The molecule has 0 aliphatic carbocycles. The van der Waals surface area contributed by atoms with Crippen LogP contribution in [0.5, 0.6) is 0 Å². The number of hydroxylamine groups is 2. The molecule has 0 spiro atoms. The lowest BCUT2D eigenvalue weighted by molar-refractivity contribution is -0.201. The van der Waals surface area contributed by atoms with Gasteiger partial charge in [-0.25, -0.2) is 4.79 Å². The summed E-state index contributed by atoms with van der Waals surface area (Å²) in [6.07, 6.45) is -0.0731. The van der Waals surface area contributed by atoms with Crippen molar-refractivity contribution in [3.05, 3.63) is 0 Å². The molecule has 4 amide bonds. The van der Waals surface area contributed by atoms with Crippen molar-refractivity contribution in [2.24, 2.45) is 5.73 Å². The van der Waals surface area contributed by atoms with Gasteiger partial charge in [0.15, 0.2) is 6.04 Å². The quantitative estimate of drug-likeness (QED) is 0.595. The third kappa shape index (κ3) is 2.39. The molecule has 0 radical (unpaired) electrons. The van der Waals surface area contributed by atoms with Crippen LogP contribution in [0.4, 0.5) is 0 Å². The van der Waals surface area contributed by atoms with Crippen LogP contribution >= 0.6 is 0 Å². The molecule has 2 rings (SSSR count). The molecule has 0 aromatic rings. The van der Waals surface area contributed by atoms with E-state index in [-0.39, 0.29) is 32.2 Å². The number of amides is 4. The van der Waals surface area contributed by atoms with E-state index < -0.39 is 35.6 Å². The van der Waals surface area contributed by atoms with Gasteiger partial charge in [0.25, 0.3) is 11.8 Å². The molecule has 2 heterocycles. The number of carbonyl (C=O) groups is 5. The fourth-order valence-corrected chi connectivity index (χ4v) is 2.06. The van der Waals surface area contributed by atoms with E-state index in [1.54, 1.807) is 0 Å². The topological polar surface area (TPSA) is 127 Å². The molecule has 0 aromatic heterocycles. The van der Waals surface area contributed by atoms with Crippen LogP contribution in [0, 0.1) is 0 Å². The molecule has 2 fully saturated rings. The van der Waals surface area contributed by atoms with Crippen molar-refractivity contribution in [2.75, 3.05) is 6.54 Å². The Kier molecular flexibility index (Phi) is 3.79. The molecular formula is C11H13N3O6. The van der Waals surface area contributed by atoms with E-state index in [2.05, 4.69) is 4.84 Å². The second-order valence-electron chi connectivity index (χ2n) is 4.40. The van der Waals surface area contributed by atoms with Gasteiger partial charge in [-0.2, -0.15) is 0 Å². The number of imide groups is 2. The van der Waals surface area contributed by atoms with E-state index in [4.69, 9.17) is 5.73 Å². The van der Waals surface area contributed by atoms with Gasteiger partial charge >= 0.3 is 5.97 Å². The molecule has 108 valence electrons. The van der Waals surface area contributed by atoms with Gasteiger partial charge in [-0.05, 0) is 0 Å². The Morgan fingerprint density at radius 2 is 1.45 bits per heavy atom. The Balaban J connectivity index is 2.10. The molecule has 9 heteroatoms. The van der Waals surface area contributed by atoms with E-state index in [1.807, 2.05) is 0 Å². The van der Waals surface area contributed by atoms with Crippen LogP contribution in [-0.4, -0.2) is 52.1 Å². The lowest BCUT2D eigenvalue weighted by Crippen LogP contribution is -2.51. The maximum atomic E-state index is 11.9. The number of likely N-dealkylation sites (tertiary alicyclic amines) is 1. The number of carbonyl (C=O) groups excluding carboxylic acids is 5. The molecule has 20 heavy (non-hydrogen) atoms. The minimum absolute atomic E-state index is 0.00416. The zero-order valence-corrected chi connectivity index (χ0v) is 10.5. The van der Waals surface area contributed by atoms with Gasteiger partial charge in [0, 0.05) is 32.2 Å². The average Bonchev–Trinajstić information content (AvgIpc) is 2.89. The first-order chi connectivity index (χ1) is 9.45. The number of rotatable bonds is 4. The minimum atomic E-state index is -1.32. The molecule has 9 nitrogen and oxygen atoms in total. The lowest BCUT2D eigenvalue weighted by atomic mass is 10.2. The van der Waals surface area contributed by atoms with Gasteiger partial charge in [-0.15, -0.1) is 5.06 Å². The molecule has 1 atom stereocenters. The number of nitrogens with two attached hydrogens (primary N) is 1. The summed E-state index contributed by atoms with van der Waals surface area (Å²) in [4.78, 5) is 63.1. The standard InChI is InChI=1S/C11H13N3O6/c12-5-6(13-7(15)1-2-8(13)16)11(19)20-14-9(17)3-4-10(14)18/h6H,1-5,12H2. The average molecular weight is 283 g/mol. The van der Waals surface area contributed by atoms with Crippen LogP contribution in [0.1, 0.15) is 25.7 Å². The second kappa shape index (κ2) is 5.37. The Bertz CT molecular complexity index is 470. The smallest absolute Gasteiger partial charge is 0.328 e. The Morgan fingerprint density at radius 3 is 1.90 bits per heavy atom. The molecule has 2 aliphatic heterocycles. The van der Waals surface area contributed by atoms with E-state index in [0.717, 1.165) is 4.90 Å². The van der Waals surface area contributed by atoms with Gasteiger partial charge in [0.05, 0.1) is 0 Å². The summed E-state index contributed by atoms with van der Waals surface area (Å²) >= 11 is 0. The Labute approximate surface area is 113 Å². The normalized spacial score (nSPS) is 20.9. The van der Waals surface area contributed by atoms with Crippen molar-refractivity contribution in [3.8, 4) is 0 Å². The first kappa shape index (κ1) is 14.1. The molecule has 2 N–H and O–H groups in total. The third-order valence-electron chi connectivity index (χ3n) is 3.08. The van der Waals surface area contributed by atoms with Crippen molar-refractivity contribution >= 4 is 29.6 Å². The van der Waals surface area contributed by atoms with Crippen molar-refractivity contribution in [3.63, 3.8) is 0 Å². The molecule has 0 saturated carbocycles. The highest BCUT2D eigenvalue weighted by Gasteiger charge is 2.41. The molecule has 2 saturated heterocycles. The van der Waals surface area contributed by atoms with E-state index >= 15 is 0 Å². The Morgan fingerprint density at radius 1 is 1.00 bits per heavy atom. The van der Waals surface area contributed by atoms with Crippen molar-refractivity contribution in [1.82, 2.24) is 9.96 Å². The predicted octanol–water partition coefficient (Wildman–Crippen LogP) is -1.93. The second-order valence-corrected chi connectivity index (χ2v) is 4.40. The maximum Gasteiger partial charge on any atom is 0.357 e. The van der Waals surface area contributed by atoms with Crippen molar-refractivity contribution in [1.29, 1.82) is 0 Å². The number of hydrogen-bond donors (Lipinski definition) is 1. The maximum absolute atomic E-state index is 11.9. The first-order valence-corrected chi connectivity index (χ1v) is 6.08. The van der Waals surface area contributed by atoms with Crippen LogP contribution in [0.3, 0.4) is 0 Å². The molecule has 0 aromatic carbocycles. The fraction of sp³-hybridized carbons (Fsp3) is 0.545. The number of hydrogen-bond acceptors (Lipinski definition) is 7. The van der Waals surface area contributed by atoms with Crippen LogP contribution < -0.4 is 5.73 Å². The summed E-state index contributed by atoms with van der Waals surface area (Å²) in [6.45, 7) is -0.341. The molecular weight excluding hydrogens is 270 g/mol. The van der Waals surface area contributed by atoms with Crippen LogP contribution in [0.15, 0.2) is 0 Å². The predicted molar refractivity (Wildman–Crippen MR) is 61.1 cm³/mol. The first-order valence-electron chi connectivity index (χ1n) is 6.08. The number of nitrogens with zero attached hydrogens (tertiary/aromatic N) is 2. The fourth-order valence-electron chi connectivity index (χ4n) is 2.06. The highest BCUT2D eigenvalue weighted by Crippen LogP contribution is 2.18. The third-order valence-corrected chi connectivity index (χ3v) is 3.08. The highest BCUT2D eigenvalue weighted by molar-refractivity contribution is 6.06. The van der Waals surface area contributed by atoms with Crippen LogP contribution in [0.25, 0.3) is 0 Å². The largest absolute Gasteiger partial charge is 0.357 e. The molecule has 2 aliphatic rings. The van der Waals surface area contributed by atoms with E-state index in [9.17, 15) is 24.0 Å². The van der Waals surface area contributed by atoms with E-state index in [0.29, 0.717) is 5.06 Å². The zero-order chi connectivity index (χ0) is 14.9. The summed E-state index contributed by atoms with van der Waals surface area (Å²) < 4.78 is 0. The highest BCUT2D eigenvalue weighted by atomic mass is 16.7. The summed E-state index contributed by atoms with van der Waals surface area (Å²) in [7, 11) is 0. The summed E-state index contributed by atoms with van der Waals surface area (Å²) in [5, 5.41) is 0.357. The molecule has 0 bridgehead atoms. The van der Waals surface area contributed by atoms with Crippen molar-refractivity contribution < 1.29 is 28.8 Å². The van der Waals surface area contributed by atoms with Gasteiger partial charge in [0.1, 0.15) is 0 Å². The summed E-state index contributed by atoms with van der Waals surface area (Å²) in [5.74, 6) is -3.40. The van der Waals surface area contributed by atoms with Crippen LogP contribution in [0.2, 0.25) is 0 Å². The minimum Gasteiger partial charge on any atom is -0.328 e. The summed E-state index contributed by atoms with van der Waals surface area (Å²) in [5.41, 5.74) is 5.39. The van der Waals surface area contributed by atoms with Gasteiger partial charge in [-0.3, -0.25) is 24.1 Å². The Hall–Kier alpha value is -2.29.